The van der Waals surface area contributed by atoms with Gasteiger partial charge in [0.05, 0.1) is 18.8 Å². The number of carbonyl (C=O) groups is 1. The quantitative estimate of drug-likeness (QED) is 0.776. The average Bonchev–Trinajstić information content (AvgIpc) is 2.23. The Hall–Kier alpha value is -1.39. The van der Waals surface area contributed by atoms with Crippen molar-refractivity contribution in [2.24, 2.45) is 0 Å². The Morgan fingerprint density at radius 1 is 1.25 bits per heavy atom. The molecule has 0 heterocycles. The van der Waals surface area contributed by atoms with Crippen LogP contribution in [0, 0.1) is 0 Å². The zero-order chi connectivity index (χ0) is 12.1. The van der Waals surface area contributed by atoms with Crippen molar-refractivity contribution < 1.29 is 19.4 Å². The van der Waals surface area contributed by atoms with Crippen molar-refractivity contribution in [1.29, 1.82) is 0 Å². The summed E-state index contributed by atoms with van der Waals surface area (Å²) in [4.78, 5) is 11.3. The molecule has 0 aliphatic carbocycles. The third kappa shape index (κ3) is 2.81. The molecule has 1 aromatic carbocycles. The molecule has 4 heteroatoms. The van der Waals surface area contributed by atoms with Gasteiger partial charge in [0.2, 0.25) is 0 Å². The molecule has 0 atom stereocenters. The van der Waals surface area contributed by atoms with E-state index < -0.39 is 0 Å². The highest BCUT2D eigenvalue weighted by Gasteiger charge is 2.13. The summed E-state index contributed by atoms with van der Waals surface area (Å²) in [5, 5.41) is 9.84. The molecule has 1 rings (SSSR count). The summed E-state index contributed by atoms with van der Waals surface area (Å²) < 4.78 is 9.97. The summed E-state index contributed by atoms with van der Waals surface area (Å²) in [6.07, 6.45) is 0. The minimum atomic E-state index is -0.173. The van der Waals surface area contributed by atoms with Crippen LogP contribution < -0.4 is 0 Å². The van der Waals surface area contributed by atoms with Gasteiger partial charge in [0.15, 0.2) is 5.78 Å². The van der Waals surface area contributed by atoms with E-state index in [-0.39, 0.29) is 18.1 Å². The molecule has 0 spiro atoms. The molecule has 4 nitrogen and oxygen atoms in total. The lowest BCUT2D eigenvalue weighted by atomic mass is 10.0. The standard InChI is InChI=1S/C12H16O4/c1-8(13)11-5-9(6-15-2)4-10(7-16-3)12(11)14/h4-5,14H,6-7H2,1-3H3. The molecule has 1 aromatic rings. The van der Waals surface area contributed by atoms with E-state index in [9.17, 15) is 9.90 Å². The minimum absolute atomic E-state index is 0.00537. The number of ether oxygens (including phenoxy) is 2. The van der Waals surface area contributed by atoms with E-state index >= 15 is 0 Å². The molecular formula is C12H16O4. The largest absolute Gasteiger partial charge is 0.507 e. The summed E-state index contributed by atoms with van der Waals surface area (Å²) >= 11 is 0. The van der Waals surface area contributed by atoms with Crippen LogP contribution in [0.4, 0.5) is 0 Å². The average molecular weight is 224 g/mol. The number of rotatable bonds is 5. The number of methoxy groups -OCH3 is 2. The molecule has 88 valence electrons. The van der Waals surface area contributed by atoms with E-state index in [2.05, 4.69) is 0 Å². The van der Waals surface area contributed by atoms with Crippen LogP contribution in [0.1, 0.15) is 28.4 Å². The van der Waals surface area contributed by atoms with E-state index in [1.165, 1.54) is 14.0 Å². The Morgan fingerprint density at radius 2 is 1.88 bits per heavy atom. The first kappa shape index (κ1) is 12.7. The first-order valence-electron chi connectivity index (χ1n) is 4.93. The number of aromatic hydroxyl groups is 1. The highest BCUT2D eigenvalue weighted by Crippen LogP contribution is 2.26. The maximum atomic E-state index is 11.3. The molecule has 16 heavy (non-hydrogen) atoms. The van der Waals surface area contributed by atoms with Gasteiger partial charge in [-0.2, -0.15) is 0 Å². The van der Waals surface area contributed by atoms with E-state index in [4.69, 9.17) is 9.47 Å². The molecule has 0 aromatic heterocycles. The lowest BCUT2D eigenvalue weighted by Crippen LogP contribution is -2.01. The Kier molecular flexibility index (Phi) is 4.46. The number of benzene rings is 1. The van der Waals surface area contributed by atoms with E-state index in [1.54, 1.807) is 19.2 Å². The molecule has 0 bridgehead atoms. The summed E-state index contributed by atoms with van der Waals surface area (Å²) in [5.74, 6) is -0.179. The second-order valence-electron chi connectivity index (χ2n) is 3.57. The monoisotopic (exact) mass is 224 g/mol. The Morgan fingerprint density at radius 3 is 2.38 bits per heavy atom. The Bertz CT molecular complexity index is 385. The predicted octanol–water partition coefficient (Wildman–Crippen LogP) is 1.89. The zero-order valence-electron chi connectivity index (χ0n) is 9.74. The zero-order valence-corrected chi connectivity index (χ0v) is 9.74. The fourth-order valence-corrected chi connectivity index (χ4v) is 1.54. The van der Waals surface area contributed by atoms with Gasteiger partial charge in [0.1, 0.15) is 5.75 Å². The Balaban J connectivity index is 3.21. The number of Topliss-reactive ketones (excluding diaryl/α,β-unsaturated/α-hetero) is 1. The van der Waals surface area contributed by atoms with Crippen molar-refractivity contribution in [3.63, 3.8) is 0 Å². The molecule has 0 aliphatic rings. The lowest BCUT2D eigenvalue weighted by molar-refractivity contribution is 0.101. The van der Waals surface area contributed by atoms with Gasteiger partial charge in [0, 0.05) is 19.8 Å². The fourth-order valence-electron chi connectivity index (χ4n) is 1.54. The molecular weight excluding hydrogens is 208 g/mol. The van der Waals surface area contributed by atoms with Crippen LogP contribution in [0.3, 0.4) is 0 Å². The van der Waals surface area contributed by atoms with Crippen molar-refractivity contribution in [1.82, 2.24) is 0 Å². The van der Waals surface area contributed by atoms with Crippen LogP contribution in [0.15, 0.2) is 12.1 Å². The van der Waals surface area contributed by atoms with Gasteiger partial charge in [0.25, 0.3) is 0 Å². The second kappa shape index (κ2) is 5.63. The number of hydrogen-bond acceptors (Lipinski definition) is 4. The summed E-state index contributed by atoms with van der Waals surface area (Å²) in [7, 11) is 3.12. The van der Waals surface area contributed by atoms with E-state index in [1.807, 2.05) is 0 Å². The van der Waals surface area contributed by atoms with Crippen molar-refractivity contribution in [2.45, 2.75) is 20.1 Å². The highest BCUT2D eigenvalue weighted by atomic mass is 16.5. The van der Waals surface area contributed by atoms with Gasteiger partial charge >= 0.3 is 0 Å². The van der Waals surface area contributed by atoms with Crippen molar-refractivity contribution >= 4 is 5.78 Å². The van der Waals surface area contributed by atoms with Crippen LogP contribution >= 0.6 is 0 Å². The number of ketones is 1. The molecule has 0 saturated heterocycles. The molecule has 0 radical (unpaired) electrons. The van der Waals surface area contributed by atoms with Crippen LogP contribution in [0.5, 0.6) is 5.75 Å². The lowest BCUT2D eigenvalue weighted by Gasteiger charge is -2.10. The predicted molar refractivity (Wildman–Crippen MR) is 59.5 cm³/mol. The summed E-state index contributed by atoms with van der Waals surface area (Å²) in [6.45, 7) is 2.09. The SMILES string of the molecule is COCc1cc(COC)c(O)c(C(C)=O)c1. The van der Waals surface area contributed by atoms with Gasteiger partial charge in [-0.3, -0.25) is 4.79 Å². The Labute approximate surface area is 94.8 Å². The summed E-state index contributed by atoms with van der Waals surface area (Å²) in [5.41, 5.74) is 1.75. The smallest absolute Gasteiger partial charge is 0.163 e. The van der Waals surface area contributed by atoms with Crippen LogP contribution in [-0.4, -0.2) is 25.1 Å². The van der Waals surface area contributed by atoms with Gasteiger partial charge in [-0.15, -0.1) is 0 Å². The van der Waals surface area contributed by atoms with Crippen molar-refractivity contribution in [2.75, 3.05) is 14.2 Å². The minimum Gasteiger partial charge on any atom is -0.507 e. The topological polar surface area (TPSA) is 55.8 Å². The van der Waals surface area contributed by atoms with Crippen LogP contribution in [-0.2, 0) is 22.7 Å². The van der Waals surface area contributed by atoms with Crippen LogP contribution in [0.2, 0.25) is 0 Å². The molecule has 0 amide bonds. The molecule has 1 N–H and O–H groups in total. The van der Waals surface area contributed by atoms with Gasteiger partial charge < -0.3 is 14.6 Å². The number of phenolic OH excluding ortho intramolecular Hbond substituents is 1. The first-order chi connectivity index (χ1) is 7.60. The third-order valence-electron chi connectivity index (χ3n) is 2.24. The maximum Gasteiger partial charge on any atom is 0.163 e. The number of hydrogen-bond donors (Lipinski definition) is 1. The molecule has 0 saturated carbocycles. The second-order valence-corrected chi connectivity index (χ2v) is 3.57. The number of carbonyl (C=O) groups excluding carboxylic acids is 1. The van der Waals surface area contributed by atoms with Crippen LogP contribution in [0.25, 0.3) is 0 Å². The third-order valence-corrected chi connectivity index (χ3v) is 2.24. The van der Waals surface area contributed by atoms with Gasteiger partial charge in [-0.25, -0.2) is 0 Å². The van der Waals surface area contributed by atoms with Gasteiger partial charge in [-0.1, -0.05) is 0 Å². The first-order valence-corrected chi connectivity index (χ1v) is 4.93. The number of phenols is 1. The normalized spacial score (nSPS) is 10.4. The fraction of sp³-hybridized carbons (Fsp3) is 0.417. The van der Waals surface area contributed by atoms with Gasteiger partial charge in [-0.05, 0) is 24.6 Å². The van der Waals surface area contributed by atoms with Crippen molar-refractivity contribution in [3.8, 4) is 5.75 Å². The molecule has 0 unspecified atom stereocenters. The van der Waals surface area contributed by atoms with Crippen molar-refractivity contribution in [3.05, 3.63) is 28.8 Å². The maximum absolute atomic E-state index is 11.3. The summed E-state index contributed by atoms with van der Waals surface area (Å²) in [6, 6.07) is 3.41. The van der Waals surface area contributed by atoms with E-state index in [0.29, 0.717) is 17.7 Å². The molecule has 0 aliphatic heterocycles. The van der Waals surface area contributed by atoms with E-state index in [0.717, 1.165) is 5.56 Å². The highest BCUT2D eigenvalue weighted by molar-refractivity contribution is 5.97. The molecule has 0 fully saturated rings.